The summed E-state index contributed by atoms with van der Waals surface area (Å²) >= 11 is 0. The highest BCUT2D eigenvalue weighted by molar-refractivity contribution is 5.95. The molecule has 0 atom stereocenters. The van der Waals surface area contributed by atoms with Crippen LogP contribution >= 0.6 is 0 Å². The van der Waals surface area contributed by atoms with Crippen LogP contribution in [0.5, 0.6) is 0 Å². The molecule has 0 spiro atoms. The van der Waals surface area contributed by atoms with Crippen molar-refractivity contribution in [3.63, 3.8) is 0 Å². The van der Waals surface area contributed by atoms with E-state index in [9.17, 15) is 9.59 Å². The number of amides is 1. The van der Waals surface area contributed by atoms with E-state index in [1.807, 2.05) is 0 Å². The van der Waals surface area contributed by atoms with Crippen molar-refractivity contribution in [3.8, 4) is 0 Å². The number of aromatic nitrogens is 2. The predicted octanol–water partition coefficient (Wildman–Crippen LogP) is -0.788. The number of fused-ring (bicyclic) bond motifs is 1. The molecule has 3 N–H and O–H groups in total. The number of nitrogens with one attached hydrogen (secondary N) is 2. The predicted molar refractivity (Wildman–Crippen MR) is 58.6 cm³/mol. The molecule has 0 radical (unpaired) electrons. The summed E-state index contributed by atoms with van der Waals surface area (Å²) in [5.74, 6) is -1.41. The van der Waals surface area contributed by atoms with Gasteiger partial charge >= 0.3 is 5.97 Å². The molecular weight excluding hydrogens is 224 g/mol. The zero-order chi connectivity index (χ0) is 12.4. The zero-order valence-corrected chi connectivity index (χ0v) is 9.49. The Kier molecular flexibility index (Phi) is 3.10. The van der Waals surface area contributed by atoms with Crippen LogP contribution in [0.3, 0.4) is 0 Å². The van der Waals surface area contributed by atoms with E-state index in [1.54, 1.807) is 0 Å². The first kappa shape index (κ1) is 11.6. The Bertz CT molecular complexity index is 454. The maximum atomic E-state index is 12.0. The Morgan fingerprint density at radius 2 is 2.29 bits per heavy atom. The maximum absolute atomic E-state index is 12.0. The maximum Gasteiger partial charge on any atom is 0.323 e. The lowest BCUT2D eigenvalue weighted by Crippen LogP contribution is -2.33. The van der Waals surface area contributed by atoms with Crippen LogP contribution in [0, 0.1) is 0 Å². The Morgan fingerprint density at radius 1 is 1.53 bits per heavy atom. The van der Waals surface area contributed by atoms with Crippen molar-refractivity contribution in [3.05, 3.63) is 17.0 Å². The third-order valence-corrected chi connectivity index (χ3v) is 2.73. The second-order valence-corrected chi connectivity index (χ2v) is 4.01. The highest BCUT2D eigenvalue weighted by atomic mass is 16.4. The fourth-order valence-corrected chi connectivity index (χ4v) is 1.86. The molecule has 1 aromatic heterocycles. The molecule has 2 heterocycles. The minimum atomic E-state index is -1.04. The first-order chi connectivity index (χ1) is 8.09. The number of H-pyrrole nitrogens is 1. The average molecular weight is 238 g/mol. The Labute approximate surface area is 97.8 Å². The van der Waals surface area contributed by atoms with Gasteiger partial charge in [0.05, 0.1) is 0 Å². The molecule has 0 fully saturated rings. The molecule has 0 aromatic carbocycles. The number of hydrogen-bond acceptors (Lipinski definition) is 4. The fraction of sp³-hybridized carbons (Fsp3) is 0.500. The van der Waals surface area contributed by atoms with Crippen molar-refractivity contribution >= 4 is 11.9 Å². The fourth-order valence-electron chi connectivity index (χ4n) is 1.86. The van der Waals surface area contributed by atoms with Gasteiger partial charge in [-0.1, -0.05) is 0 Å². The summed E-state index contributed by atoms with van der Waals surface area (Å²) in [4.78, 5) is 23.6. The molecule has 1 aromatic rings. The molecular formula is C10H14N4O3. The monoisotopic (exact) mass is 238 g/mol. The van der Waals surface area contributed by atoms with Crippen molar-refractivity contribution < 1.29 is 14.7 Å². The zero-order valence-electron chi connectivity index (χ0n) is 9.49. The van der Waals surface area contributed by atoms with Gasteiger partial charge in [0, 0.05) is 37.8 Å². The summed E-state index contributed by atoms with van der Waals surface area (Å²) in [7, 11) is 1.45. The second-order valence-electron chi connectivity index (χ2n) is 4.01. The summed E-state index contributed by atoms with van der Waals surface area (Å²) in [5.41, 5.74) is 2.12. The van der Waals surface area contributed by atoms with Gasteiger partial charge < -0.3 is 15.3 Å². The van der Waals surface area contributed by atoms with E-state index in [-0.39, 0.29) is 12.5 Å². The molecule has 0 bridgehead atoms. The van der Waals surface area contributed by atoms with Gasteiger partial charge in [0.2, 0.25) is 0 Å². The molecule has 1 aliphatic rings. The van der Waals surface area contributed by atoms with Crippen LogP contribution in [0.15, 0.2) is 0 Å². The SMILES string of the molecule is CN(CC(=O)O)C(=O)c1n[nH]c2c1CNCC2. The Morgan fingerprint density at radius 3 is 3.00 bits per heavy atom. The summed E-state index contributed by atoms with van der Waals surface area (Å²) in [6.07, 6.45) is 0.804. The third kappa shape index (κ3) is 2.28. The second kappa shape index (κ2) is 4.54. The van der Waals surface area contributed by atoms with Crippen LogP contribution in [0.4, 0.5) is 0 Å². The summed E-state index contributed by atoms with van der Waals surface area (Å²) in [6.45, 7) is 1.12. The van der Waals surface area contributed by atoms with Crippen molar-refractivity contribution in [2.45, 2.75) is 13.0 Å². The summed E-state index contributed by atoms with van der Waals surface area (Å²) < 4.78 is 0. The smallest absolute Gasteiger partial charge is 0.323 e. The normalized spacial score (nSPS) is 14.2. The average Bonchev–Trinajstić information content (AvgIpc) is 2.70. The van der Waals surface area contributed by atoms with Crippen LogP contribution in [0.25, 0.3) is 0 Å². The van der Waals surface area contributed by atoms with Gasteiger partial charge in [-0.05, 0) is 0 Å². The van der Waals surface area contributed by atoms with Gasteiger partial charge in [-0.25, -0.2) is 0 Å². The van der Waals surface area contributed by atoms with E-state index in [0.717, 1.165) is 29.1 Å². The lowest BCUT2D eigenvalue weighted by molar-refractivity contribution is -0.137. The Balaban J connectivity index is 2.19. The highest BCUT2D eigenvalue weighted by Crippen LogP contribution is 2.16. The molecule has 0 aliphatic carbocycles. The summed E-state index contributed by atoms with van der Waals surface area (Å²) in [6, 6.07) is 0. The molecule has 17 heavy (non-hydrogen) atoms. The largest absolute Gasteiger partial charge is 0.480 e. The molecule has 0 saturated carbocycles. The molecule has 92 valence electrons. The van der Waals surface area contributed by atoms with Crippen molar-refractivity contribution in [2.24, 2.45) is 0 Å². The summed E-state index contributed by atoms with van der Waals surface area (Å²) in [5, 5.41) is 18.6. The molecule has 7 heteroatoms. The van der Waals surface area contributed by atoms with Gasteiger partial charge in [0.15, 0.2) is 5.69 Å². The number of nitrogens with zero attached hydrogens (tertiary/aromatic N) is 2. The third-order valence-electron chi connectivity index (χ3n) is 2.73. The number of aromatic amines is 1. The Hall–Kier alpha value is -1.89. The molecule has 1 amide bonds. The number of carboxylic acids is 1. The first-order valence-electron chi connectivity index (χ1n) is 5.33. The van der Waals surface area contributed by atoms with Crippen LogP contribution < -0.4 is 5.32 Å². The number of carboxylic acid groups (broad SMARTS) is 1. The number of rotatable bonds is 3. The van der Waals surface area contributed by atoms with E-state index in [1.165, 1.54) is 7.05 Å². The highest BCUT2D eigenvalue weighted by Gasteiger charge is 2.24. The molecule has 0 saturated heterocycles. The van der Waals surface area contributed by atoms with Gasteiger partial charge in [0.1, 0.15) is 6.54 Å². The standard InChI is InChI=1S/C10H14N4O3/c1-14(5-8(15)16)10(17)9-6-4-11-3-2-7(6)12-13-9/h11H,2-5H2,1H3,(H,12,13)(H,15,16). The lowest BCUT2D eigenvalue weighted by Gasteiger charge is -2.16. The number of aliphatic carboxylic acids is 1. The van der Waals surface area contributed by atoms with Crippen LogP contribution in [-0.2, 0) is 17.8 Å². The topological polar surface area (TPSA) is 98.3 Å². The van der Waals surface area contributed by atoms with Crippen LogP contribution in [0.2, 0.25) is 0 Å². The van der Waals surface area contributed by atoms with E-state index in [2.05, 4.69) is 15.5 Å². The molecule has 7 nitrogen and oxygen atoms in total. The lowest BCUT2D eigenvalue weighted by atomic mass is 10.1. The molecule has 1 aliphatic heterocycles. The van der Waals surface area contributed by atoms with Crippen molar-refractivity contribution in [2.75, 3.05) is 20.1 Å². The van der Waals surface area contributed by atoms with Crippen LogP contribution in [-0.4, -0.2) is 52.2 Å². The van der Waals surface area contributed by atoms with Crippen molar-refractivity contribution in [1.82, 2.24) is 20.4 Å². The van der Waals surface area contributed by atoms with Gasteiger partial charge in [-0.15, -0.1) is 0 Å². The van der Waals surface area contributed by atoms with Gasteiger partial charge in [0.25, 0.3) is 5.91 Å². The van der Waals surface area contributed by atoms with E-state index < -0.39 is 5.97 Å². The van der Waals surface area contributed by atoms with E-state index in [0.29, 0.717) is 12.2 Å². The van der Waals surface area contributed by atoms with Crippen molar-refractivity contribution in [1.29, 1.82) is 0 Å². The minimum Gasteiger partial charge on any atom is -0.480 e. The van der Waals surface area contributed by atoms with Gasteiger partial charge in [-0.3, -0.25) is 14.7 Å². The van der Waals surface area contributed by atoms with E-state index in [4.69, 9.17) is 5.11 Å². The first-order valence-corrected chi connectivity index (χ1v) is 5.33. The van der Waals surface area contributed by atoms with E-state index >= 15 is 0 Å². The minimum absolute atomic E-state index is 0.316. The quantitative estimate of drug-likeness (QED) is 0.641. The number of hydrogen-bond donors (Lipinski definition) is 3. The molecule has 0 unspecified atom stereocenters. The number of carbonyl (C=O) groups excluding carboxylic acids is 1. The number of likely N-dealkylation sites (N-methyl/N-ethyl adjacent to an activating group) is 1. The number of carbonyl (C=O) groups is 2. The van der Waals surface area contributed by atoms with Crippen LogP contribution in [0.1, 0.15) is 21.7 Å². The van der Waals surface area contributed by atoms with Gasteiger partial charge in [-0.2, -0.15) is 5.10 Å². The molecule has 2 rings (SSSR count).